The van der Waals surface area contributed by atoms with Crippen LogP contribution in [0, 0.1) is 0 Å². The van der Waals surface area contributed by atoms with E-state index in [2.05, 4.69) is 16.8 Å². The third-order valence-electron chi connectivity index (χ3n) is 2.51. The molecule has 102 valence electrons. The molecule has 0 saturated heterocycles. The fraction of sp³-hybridized carbons (Fsp3) is 0.615. The van der Waals surface area contributed by atoms with Gasteiger partial charge in [-0.1, -0.05) is 0 Å². The number of ether oxygens (including phenoxy) is 1. The van der Waals surface area contributed by atoms with Crippen LogP contribution in [0.2, 0.25) is 0 Å². The molecule has 0 unspecified atom stereocenters. The summed E-state index contributed by atoms with van der Waals surface area (Å²) in [5.41, 5.74) is 6.38. The van der Waals surface area contributed by atoms with Gasteiger partial charge in [-0.15, -0.1) is 0 Å². The highest BCUT2D eigenvalue weighted by Gasteiger charge is 2.10. The summed E-state index contributed by atoms with van der Waals surface area (Å²) >= 11 is 0. The van der Waals surface area contributed by atoms with E-state index in [0.29, 0.717) is 11.6 Å². The Morgan fingerprint density at radius 2 is 2.17 bits per heavy atom. The van der Waals surface area contributed by atoms with Crippen molar-refractivity contribution in [1.29, 1.82) is 0 Å². The first-order valence-electron chi connectivity index (χ1n) is 6.37. The van der Waals surface area contributed by atoms with Crippen LogP contribution in [0.4, 0.5) is 11.5 Å². The molecular formula is C13H23N3O2. The lowest BCUT2D eigenvalue weighted by Crippen LogP contribution is -2.26. The van der Waals surface area contributed by atoms with Gasteiger partial charge in [0.1, 0.15) is 5.82 Å². The molecule has 0 amide bonds. The van der Waals surface area contributed by atoms with Gasteiger partial charge in [0.05, 0.1) is 11.8 Å². The Morgan fingerprint density at radius 3 is 2.72 bits per heavy atom. The first-order chi connectivity index (χ1) is 8.58. The number of hydrogen-bond acceptors (Lipinski definition) is 5. The molecule has 5 heteroatoms. The van der Waals surface area contributed by atoms with Crippen molar-refractivity contribution in [2.24, 2.45) is 0 Å². The quantitative estimate of drug-likeness (QED) is 0.773. The average Bonchev–Trinajstić information content (AvgIpc) is 2.33. The van der Waals surface area contributed by atoms with Crippen LogP contribution in [-0.4, -0.2) is 35.9 Å². The topological polar surface area (TPSA) is 71.6 Å². The number of aromatic nitrogens is 1. The smallest absolute Gasteiger partial charge is 0.239 e. The van der Waals surface area contributed by atoms with Crippen molar-refractivity contribution in [3.63, 3.8) is 0 Å². The van der Waals surface area contributed by atoms with Gasteiger partial charge in [-0.25, -0.2) is 0 Å². The van der Waals surface area contributed by atoms with E-state index in [1.54, 1.807) is 0 Å². The number of rotatable bonds is 7. The van der Waals surface area contributed by atoms with Crippen LogP contribution in [-0.2, 0) is 0 Å². The second-order valence-electron chi connectivity index (χ2n) is 4.39. The molecule has 1 rings (SSSR count). The molecule has 1 aromatic rings. The molecule has 0 aromatic carbocycles. The highest BCUT2D eigenvalue weighted by molar-refractivity contribution is 5.54. The minimum atomic E-state index is 0.0440. The zero-order chi connectivity index (χ0) is 13.5. The molecule has 0 atom stereocenters. The molecule has 0 bridgehead atoms. The normalized spacial score (nSPS) is 10.7. The second-order valence-corrected chi connectivity index (χ2v) is 4.39. The van der Waals surface area contributed by atoms with Crippen LogP contribution in [0.5, 0.6) is 5.88 Å². The fourth-order valence-corrected chi connectivity index (χ4v) is 1.63. The number of pyridine rings is 1. The van der Waals surface area contributed by atoms with Crippen LogP contribution in [0.15, 0.2) is 12.1 Å². The lowest BCUT2D eigenvalue weighted by atomic mass is 10.3. The molecule has 0 spiro atoms. The Labute approximate surface area is 109 Å². The molecule has 3 N–H and O–H groups in total. The van der Waals surface area contributed by atoms with Gasteiger partial charge in [0.25, 0.3) is 0 Å². The molecule has 0 saturated carbocycles. The van der Waals surface area contributed by atoms with Crippen molar-refractivity contribution in [2.75, 3.05) is 30.3 Å². The van der Waals surface area contributed by atoms with Crippen LogP contribution in [0.1, 0.15) is 27.2 Å². The van der Waals surface area contributed by atoms with Crippen molar-refractivity contribution in [3.05, 3.63) is 12.1 Å². The van der Waals surface area contributed by atoms with Crippen molar-refractivity contribution in [1.82, 2.24) is 4.98 Å². The third kappa shape index (κ3) is 4.07. The molecule has 1 heterocycles. The zero-order valence-electron chi connectivity index (χ0n) is 11.4. The minimum Gasteiger partial charge on any atom is -0.473 e. The Balaban J connectivity index is 2.87. The Hall–Kier alpha value is -1.49. The van der Waals surface area contributed by atoms with Gasteiger partial charge in [0.2, 0.25) is 5.88 Å². The summed E-state index contributed by atoms with van der Waals surface area (Å²) in [7, 11) is 0. The number of nitrogens with zero attached hydrogens (tertiary/aromatic N) is 2. The van der Waals surface area contributed by atoms with Crippen LogP contribution >= 0.6 is 0 Å². The maximum atomic E-state index is 8.88. The predicted octanol–water partition coefficient (Wildman–Crippen LogP) is 1.66. The molecule has 1 aromatic heterocycles. The van der Waals surface area contributed by atoms with Crippen LogP contribution < -0.4 is 15.4 Å². The molecule has 0 fully saturated rings. The third-order valence-corrected chi connectivity index (χ3v) is 2.51. The summed E-state index contributed by atoms with van der Waals surface area (Å²) in [5.74, 6) is 1.31. The van der Waals surface area contributed by atoms with Gasteiger partial charge in [0, 0.05) is 19.7 Å². The van der Waals surface area contributed by atoms with E-state index >= 15 is 0 Å². The maximum absolute atomic E-state index is 8.88. The monoisotopic (exact) mass is 253 g/mol. The Bertz CT molecular complexity index is 369. The maximum Gasteiger partial charge on any atom is 0.239 e. The Morgan fingerprint density at radius 1 is 1.44 bits per heavy atom. The van der Waals surface area contributed by atoms with Crippen LogP contribution in [0.3, 0.4) is 0 Å². The van der Waals surface area contributed by atoms with Gasteiger partial charge in [-0.3, -0.25) is 0 Å². The van der Waals surface area contributed by atoms with Gasteiger partial charge in [-0.2, -0.15) is 4.98 Å². The molecule has 0 aliphatic carbocycles. The number of aliphatic hydroxyl groups is 1. The van der Waals surface area contributed by atoms with Gasteiger partial charge in [0.15, 0.2) is 0 Å². The first kappa shape index (κ1) is 14.6. The largest absolute Gasteiger partial charge is 0.473 e. The van der Waals surface area contributed by atoms with Gasteiger partial charge >= 0.3 is 0 Å². The van der Waals surface area contributed by atoms with E-state index in [1.807, 2.05) is 26.0 Å². The predicted molar refractivity (Wildman–Crippen MR) is 74.0 cm³/mol. The minimum absolute atomic E-state index is 0.0440. The van der Waals surface area contributed by atoms with E-state index in [0.717, 1.165) is 25.3 Å². The van der Waals surface area contributed by atoms with Gasteiger partial charge < -0.3 is 20.5 Å². The summed E-state index contributed by atoms with van der Waals surface area (Å²) in [6, 6.07) is 3.69. The number of anilines is 2. The lowest BCUT2D eigenvalue weighted by molar-refractivity contribution is 0.234. The molecular weight excluding hydrogens is 230 g/mol. The highest BCUT2D eigenvalue weighted by atomic mass is 16.5. The van der Waals surface area contributed by atoms with Crippen LogP contribution in [0.25, 0.3) is 0 Å². The van der Waals surface area contributed by atoms with Crippen molar-refractivity contribution in [3.8, 4) is 5.88 Å². The van der Waals surface area contributed by atoms with Gasteiger partial charge in [-0.05, 0) is 39.3 Å². The van der Waals surface area contributed by atoms with E-state index in [1.165, 1.54) is 0 Å². The molecule has 0 radical (unpaired) electrons. The lowest BCUT2D eigenvalue weighted by Gasteiger charge is -2.22. The van der Waals surface area contributed by atoms with Crippen molar-refractivity contribution in [2.45, 2.75) is 33.3 Å². The first-order valence-corrected chi connectivity index (χ1v) is 6.37. The van der Waals surface area contributed by atoms with Crippen molar-refractivity contribution >= 4 is 11.5 Å². The zero-order valence-corrected chi connectivity index (χ0v) is 11.4. The van der Waals surface area contributed by atoms with E-state index in [9.17, 15) is 0 Å². The van der Waals surface area contributed by atoms with Crippen molar-refractivity contribution < 1.29 is 9.84 Å². The molecule has 18 heavy (non-hydrogen) atoms. The van der Waals surface area contributed by atoms with E-state index in [4.69, 9.17) is 15.6 Å². The second kappa shape index (κ2) is 7.06. The summed E-state index contributed by atoms with van der Waals surface area (Å²) in [6.07, 6.45) is 0.767. The number of aliphatic hydroxyl groups excluding tert-OH is 1. The average molecular weight is 253 g/mol. The van der Waals surface area contributed by atoms with E-state index in [-0.39, 0.29) is 12.7 Å². The molecule has 5 nitrogen and oxygen atoms in total. The summed E-state index contributed by atoms with van der Waals surface area (Å²) in [5, 5.41) is 8.88. The van der Waals surface area contributed by atoms with E-state index < -0.39 is 0 Å². The standard InChI is InChI=1S/C13H23N3O2/c1-4-16(8-5-9-17)12-7-6-11(14)13(15-12)18-10(2)3/h6-7,10,17H,4-5,8-9,14H2,1-3H3. The molecule has 0 aliphatic rings. The SMILES string of the molecule is CCN(CCCO)c1ccc(N)c(OC(C)C)n1. The number of nitrogens with two attached hydrogens (primary N) is 1. The highest BCUT2D eigenvalue weighted by Crippen LogP contribution is 2.24. The Kier molecular flexibility index (Phi) is 5.71. The summed E-state index contributed by atoms with van der Waals surface area (Å²) in [6.45, 7) is 7.72. The summed E-state index contributed by atoms with van der Waals surface area (Å²) < 4.78 is 5.57. The molecule has 0 aliphatic heterocycles. The fourth-order valence-electron chi connectivity index (χ4n) is 1.63. The number of nitrogen functional groups attached to an aromatic ring is 1. The summed E-state index contributed by atoms with van der Waals surface area (Å²) in [4.78, 5) is 6.52. The number of hydrogen-bond donors (Lipinski definition) is 2.